The number of nitrogens with one attached hydrogen (secondary N) is 2. The van der Waals surface area contributed by atoms with Gasteiger partial charge in [-0.3, -0.25) is 9.59 Å². The van der Waals surface area contributed by atoms with E-state index in [1.807, 2.05) is 49.4 Å². The molecule has 150 valence electrons. The van der Waals surface area contributed by atoms with Crippen molar-refractivity contribution in [3.63, 3.8) is 0 Å². The molecule has 0 fully saturated rings. The number of Topliss-reactive ketones (excluding diaryl/α,β-unsaturated/α-hetero) is 1. The first kappa shape index (κ1) is 19.8. The number of aromatic nitrogens is 1. The minimum Gasteiger partial charge on any atom is -0.374 e. The topological polar surface area (TPSA) is 71.1 Å². The minimum absolute atomic E-state index is 0.00378. The normalized spacial score (nSPS) is 11.8. The molecule has 0 radical (unpaired) electrons. The molecule has 0 spiro atoms. The van der Waals surface area contributed by atoms with Crippen LogP contribution >= 0.6 is 11.3 Å². The van der Waals surface area contributed by atoms with E-state index >= 15 is 0 Å². The molecule has 0 saturated heterocycles. The lowest BCUT2D eigenvalue weighted by Gasteiger charge is -2.16. The summed E-state index contributed by atoms with van der Waals surface area (Å²) in [6.45, 7) is 3.33. The lowest BCUT2D eigenvalue weighted by atomic mass is 10.1. The molecule has 2 N–H and O–H groups in total. The smallest absolute Gasteiger partial charge is 0.246 e. The van der Waals surface area contributed by atoms with Gasteiger partial charge in [0.2, 0.25) is 5.91 Å². The standard InChI is InChI=1S/C24H21N3O2S/c1-15(23(29)26-19-12-10-17(11-13-19)16(2)28)25-20-7-5-6-18(14-20)24-27-21-8-3-4-9-22(21)30-24/h3-15,25H,1-2H3,(H,26,29)/t15-/m1/s1. The molecule has 6 heteroatoms. The number of carbonyl (C=O) groups excluding carboxylic acids is 2. The summed E-state index contributed by atoms with van der Waals surface area (Å²) in [5.41, 5.74) is 4.11. The van der Waals surface area contributed by atoms with Gasteiger partial charge in [0.05, 0.1) is 10.2 Å². The second-order valence-electron chi connectivity index (χ2n) is 7.06. The molecule has 3 aromatic carbocycles. The summed E-state index contributed by atoms with van der Waals surface area (Å²) >= 11 is 1.65. The Morgan fingerprint density at radius 1 is 0.933 bits per heavy atom. The zero-order valence-corrected chi connectivity index (χ0v) is 17.5. The van der Waals surface area contributed by atoms with E-state index in [-0.39, 0.29) is 11.7 Å². The molecule has 4 rings (SSSR count). The molecular weight excluding hydrogens is 394 g/mol. The number of rotatable bonds is 6. The molecule has 5 nitrogen and oxygen atoms in total. The van der Waals surface area contributed by atoms with Crippen molar-refractivity contribution in [1.82, 2.24) is 4.98 Å². The average molecular weight is 416 g/mol. The van der Waals surface area contributed by atoms with Crippen molar-refractivity contribution in [2.75, 3.05) is 10.6 Å². The number of anilines is 2. The van der Waals surface area contributed by atoms with Gasteiger partial charge < -0.3 is 10.6 Å². The Balaban J connectivity index is 1.45. The average Bonchev–Trinajstić information content (AvgIpc) is 3.18. The van der Waals surface area contributed by atoms with Crippen LogP contribution in [-0.4, -0.2) is 22.7 Å². The molecule has 0 aliphatic carbocycles. The third-order valence-corrected chi connectivity index (χ3v) is 5.82. The van der Waals surface area contributed by atoms with Crippen LogP contribution in [0.3, 0.4) is 0 Å². The van der Waals surface area contributed by atoms with Crippen molar-refractivity contribution < 1.29 is 9.59 Å². The minimum atomic E-state index is -0.442. The van der Waals surface area contributed by atoms with Gasteiger partial charge >= 0.3 is 0 Å². The van der Waals surface area contributed by atoms with Gasteiger partial charge in [0.1, 0.15) is 11.0 Å². The van der Waals surface area contributed by atoms with Gasteiger partial charge in [0, 0.05) is 22.5 Å². The highest BCUT2D eigenvalue weighted by atomic mass is 32.1. The van der Waals surface area contributed by atoms with E-state index in [9.17, 15) is 9.59 Å². The van der Waals surface area contributed by atoms with Crippen LogP contribution in [-0.2, 0) is 4.79 Å². The Bertz CT molecular complexity index is 1180. The molecule has 0 unspecified atom stereocenters. The first-order valence-corrected chi connectivity index (χ1v) is 10.5. The largest absolute Gasteiger partial charge is 0.374 e. The van der Waals surface area contributed by atoms with E-state index in [0.717, 1.165) is 26.5 Å². The van der Waals surface area contributed by atoms with Crippen LogP contribution in [0.5, 0.6) is 0 Å². The van der Waals surface area contributed by atoms with E-state index in [4.69, 9.17) is 4.98 Å². The van der Waals surface area contributed by atoms with E-state index < -0.39 is 6.04 Å². The van der Waals surface area contributed by atoms with E-state index in [2.05, 4.69) is 16.7 Å². The summed E-state index contributed by atoms with van der Waals surface area (Å²) in [6.07, 6.45) is 0. The number of ketones is 1. The van der Waals surface area contributed by atoms with Gasteiger partial charge in [0.15, 0.2) is 5.78 Å². The number of para-hydroxylation sites is 1. The Morgan fingerprint density at radius 2 is 1.70 bits per heavy atom. The molecule has 0 aliphatic heterocycles. The van der Waals surface area contributed by atoms with Gasteiger partial charge in [-0.15, -0.1) is 11.3 Å². The highest BCUT2D eigenvalue weighted by molar-refractivity contribution is 7.21. The molecular formula is C24H21N3O2S. The summed E-state index contributed by atoms with van der Waals surface area (Å²) < 4.78 is 1.15. The monoisotopic (exact) mass is 415 g/mol. The summed E-state index contributed by atoms with van der Waals surface area (Å²) in [5, 5.41) is 7.06. The van der Waals surface area contributed by atoms with E-state index in [1.54, 1.807) is 35.6 Å². The van der Waals surface area contributed by atoms with Crippen LogP contribution in [0.1, 0.15) is 24.2 Å². The molecule has 1 heterocycles. The molecule has 1 aromatic heterocycles. The van der Waals surface area contributed by atoms with Gasteiger partial charge in [0.25, 0.3) is 0 Å². The third kappa shape index (κ3) is 4.39. The molecule has 0 aliphatic rings. The van der Waals surface area contributed by atoms with E-state index in [1.165, 1.54) is 6.92 Å². The fourth-order valence-corrected chi connectivity index (χ4v) is 4.05. The number of nitrogens with zero attached hydrogens (tertiary/aromatic N) is 1. The Labute approximate surface area is 178 Å². The lowest BCUT2D eigenvalue weighted by molar-refractivity contribution is -0.116. The summed E-state index contributed by atoms with van der Waals surface area (Å²) in [6, 6.07) is 22.4. The summed E-state index contributed by atoms with van der Waals surface area (Å²) in [5.74, 6) is -0.160. The summed E-state index contributed by atoms with van der Waals surface area (Å²) in [4.78, 5) is 28.6. The Hall–Kier alpha value is -3.51. The number of benzene rings is 3. The van der Waals surface area contributed by atoms with Crippen LogP contribution in [0.25, 0.3) is 20.8 Å². The van der Waals surface area contributed by atoms with Crippen molar-refractivity contribution in [2.45, 2.75) is 19.9 Å². The first-order valence-electron chi connectivity index (χ1n) is 9.64. The number of fused-ring (bicyclic) bond motifs is 1. The van der Waals surface area contributed by atoms with Crippen molar-refractivity contribution in [3.05, 3.63) is 78.4 Å². The number of hydrogen-bond donors (Lipinski definition) is 2. The second-order valence-corrected chi connectivity index (χ2v) is 8.09. The molecule has 1 amide bonds. The Morgan fingerprint density at radius 3 is 2.43 bits per heavy atom. The van der Waals surface area contributed by atoms with Crippen LogP contribution in [0.4, 0.5) is 11.4 Å². The third-order valence-electron chi connectivity index (χ3n) is 4.74. The van der Waals surface area contributed by atoms with Gasteiger partial charge in [-0.1, -0.05) is 24.3 Å². The van der Waals surface area contributed by atoms with E-state index in [0.29, 0.717) is 11.3 Å². The predicted octanol–water partition coefficient (Wildman–Crippen LogP) is 5.61. The maximum Gasteiger partial charge on any atom is 0.246 e. The van der Waals surface area contributed by atoms with Crippen molar-refractivity contribution >= 4 is 44.6 Å². The van der Waals surface area contributed by atoms with Crippen molar-refractivity contribution in [2.24, 2.45) is 0 Å². The zero-order valence-electron chi connectivity index (χ0n) is 16.7. The highest BCUT2D eigenvalue weighted by Crippen LogP contribution is 2.31. The van der Waals surface area contributed by atoms with Crippen molar-refractivity contribution in [3.8, 4) is 10.6 Å². The summed E-state index contributed by atoms with van der Waals surface area (Å²) in [7, 11) is 0. The molecule has 1 atom stereocenters. The maximum atomic E-state index is 12.6. The molecule has 0 saturated carbocycles. The fraction of sp³-hybridized carbons (Fsp3) is 0.125. The molecule has 0 bridgehead atoms. The number of thiazole rings is 1. The SMILES string of the molecule is CC(=O)c1ccc(NC(=O)[C@@H](C)Nc2cccc(-c3nc4ccccc4s3)c2)cc1. The predicted molar refractivity (Wildman–Crippen MR) is 123 cm³/mol. The quantitative estimate of drug-likeness (QED) is 0.402. The first-order chi connectivity index (χ1) is 14.5. The second kappa shape index (κ2) is 8.47. The number of hydrogen-bond acceptors (Lipinski definition) is 5. The van der Waals surface area contributed by atoms with Crippen LogP contribution in [0.2, 0.25) is 0 Å². The molecule has 4 aromatic rings. The van der Waals surface area contributed by atoms with Gasteiger partial charge in [-0.2, -0.15) is 0 Å². The lowest BCUT2D eigenvalue weighted by Crippen LogP contribution is -2.31. The van der Waals surface area contributed by atoms with Crippen LogP contribution in [0.15, 0.2) is 72.8 Å². The highest BCUT2D eigenvalue weighted by Gasteiger charge is 2.14. The van der Waals surface area contributed by atoms with Gasteiger partial charge in [-0.05, 0) is 62.4 Å². The van der Waals surface area contributed by atoms with Crippen LogP contribution in [0, 0.1) is 0 Å². The number of carbonyl (C=O) groups is 2. The fourth-order valence-electron chi connectivity index (χ4n) is 3.09. The molecule has 30 heavy (non-hydrogen) atoms. The maximum absolute atomic E-state index is 12.6. The van der Waals surface area contributed by atoms with Gasteiger partial charge in [-0.25, -0.2) is 4.98 Å². The van der Waals surface area contributed by atoms with Crippen LogP contribution < -0.4 is 10.6 Å². The zero-order chi connectivity index (χ0) is 21.1. The van der Waals surface area contributed by atoms with Crippen molar-refractivity contribution in [1.29, 1.82) is 0 Å². The number of amides is 1. The Kier molecular flexibility index (Phi) is 5.59.